The third-order valence-electron chi connectivity index (χ3n) is 6.84. The summed E-state index contributed by atoms with van der Waals surface area (Å²) >= 11 is 0. The van der Waals surface area contributed by atoms with Gasteiger partial charge in [0.05, 0.1) is 23.7 Å². The number of amides is 1. The molecule has 2 N–H and O–H groups in total. The number of imidazole rings is 1. The number of alkyl halides is 3. The molecule has 2 unspecified atom stereocenters. The number of halogens is 3. The highest BCUT2D eigenvalue weighted by Gasteiger charge is 2.36. The molecular weight excluding hydrogens is 531 g/mol. The van der Waals surface area contributed by atoms with Crippen molar-refractivity contribution in [2.24, 2.45) is 5.92 Å². The number of hydrogen-bond acceptors (Lipinski definition) is 6. The van der Waals surface area contributed by atoms with E-state index < -0.39 is 29.6 Å². The van der Waals surface area contributed by atoms with Crippen molar-refractivity contribution in [3.63, 3.8) is 0 Å². The lowest BCUT2D eigenvalue weighted by Gasteiger charge is -2.23. The molecule has 0 bridgehead atoms. The second-order valence-electron chi connectivity index (χ2n) is 9.63. The summed E-state index contributed by atoms with van der Waals surface area (Å²) < 4.78 is 46.1. The standard InChI is InChI=1S/C26H28F3N7O4/c1-3-11-34-22-19(24(38)35(12-4-2)25(34)39)32-21(33-22)16-13-31-36(14-16)20(18-9-10-30-23(18)37)15-5-7-17(8-6-15)40-26(27,28)29/h5-8,13-14,18,20H,3-4,9-12H2,1-2H3,(H,30,37)(H,32,33). The molecule has 5 rings (SSSR count). The fourth-order valence-corrected chi connectivity index (χ4v) is 5.11. The van der Waals surface area contributed by atoms with E-state index in [2.05, 4.69) is 25.1 Å². The summed E-state index contributed by atoms with van der Waals surface area (Å²) in [5.74, 6) is -0.767. The van der Waals surface area contributed by atoms with Crippen LogP contribution in [0, 0.1) is 5.92 Å². The van der Waals surface area contributed by atoms with Crippen LogP contribution in [0.4, 0.5) is 13.2 Å². The monoisotopic (exact) mass is 559 g/mol. The molecular formula is C26H28F3N7O4. The minimum absolute atomic E-state index is 0.193. The van der Waals surface area contributed by atoms with Gasteiger partial charge in [-0.25, -0.2) is 9.78 Å². The highest BCUT2D eigenvalue weighted by molar-refractivity contribution is 5.81. The van der Waals surface area contributed by atoms with Crippen molar-refractivity contribution in [3.05, 3.63) is 63.1 Å². The predicted octanol–water partition coefficient (Wildman–Crippen LogP) is 3.19. The van der Waals surface area contributed by atoms with E-state index in [4.69, 9.17) is 0 Å². The van der Waals surface area contributed by atoms with E-state index in [9.17, 15) is 27.6 Å². The number of nitrogens with one attached hydrogen (secondary N) is 2. The van der Waals surface area contributed by atoms with E-state index in [1.165, 1.54) is 39.6 Å². The van der Waals surface area contributed by atoms with Gasteiger partial charge in [0, 0.05) is 25.8 Å². The Labute approximate surface area is 225 Å². The van der Waals surface area contributed by atoms with Crippen LogP contribution in [0.3, 0.4) is 0 Å². The van der Waals surface area contributed by atoms with Gasteiger partial charge in [-0.2, -0.15) is 5.10 Å². The van der Waals surface area contributed by atoms with Crippen LogP contribution in [0.25, 0.3) is 22.6 Å². The number of hydrogen-bond donors (Lipinski definition) is 2. The maximum absolute atomic E-state index is 13.1. The molecule has 1 aliphatic rings. The first-order valence-corrected chi connectivity index (χ1v) is 13.0. The maximum Gasteiger partial charge on any atom is 0.573 e. The van der Waals surface area contributed by atoms with Crippen LogP contribution >= 0.6 is 0 Å². The van der Waals surface area contributed by atoms with Gasteiger partial charge >= 0.3 is 12.1 Å². The van der Waals surface area contributed by atoms with Crippen LogP contribution in [-0.4, -0.2) is 47.7 Å². The summed E-state index contributed by atoms with van der Waals surface area (Å²) in [6.07, 6.45) is 0.131. The average Bonchev–Trinajstić information content (AvgIpc) is 3.65. The highest BCUT2D eigenvalue weighted by atomic mass is 19.4. The minimum atomic E-state index is -4.82. The van der Waals surface area contributed by atoms with E-state index >= 15 is 0 Å². The molecule has 1 amide bonds. The van der Waals surface area contributed by atoms with Crippen molar-refractivity contribution in [1.82, 2.24) is 34.2 Å². The Balaban J connectivity index is 1.56. The molecule has 2 atom stereocenters. The van der Waals surface area contributed by atoms with Gasteiger partial charge < -0.3 is 15.0 Å². The Morgan fingerprint density at radius 1 is 1.07 bits per heavy atom. The molecule has 0 saturated carbocycles. The van der Waals surface area contributed by atoms with Crippen LogP contribution in [-0.2, 0) is 17.9 Å². The lowest BCUT2D eigenvalue weighted by atomic mass is 9.91. The molecule has 3 aromatic heterocycles. The van der Waals surface area contributed by atoms with E-state index in [0.29, 0.717) is 49.3 Å². The molecule has 1 aromatic carbocycles. The first-order valence-electron chi connectivity index (χ1n) is 13.0. The summed E-state index contributed by atoms with van der Waals surface area (Å²) in [6, 6.07) is 4.71. The van der Waals surface area contributed by atoms with Gasteiger partial charge in [-0.15, -0.1) is 13.2 Å². The fraction of sp³-hybridized carbons (Fsp3) is 0.423. The Bertz CT molecular complexity index is 1650. The fourth-order valence-electron chi connectivity index (χ4n) is 5.11. The minimum Gasteiger partial charge on any atom is -0.406 e. The van der Waals surface area contributed by atoms with Gasteiger partial charge in [-0.3, -0.25) is 23.4 Å². The van der Waals surface area contributed by atoms with Gasteiger partial charge in [-0.05, 0) is 37.0 Å². The highest BCUT2D eigenvalue weighted by Crippen LogP contribution is 2.34. The van der Waals surface area contributed by atoms with Crippen molar-refractivity contribution in [1.29, 1.82) is 0 Å². The van der Waals surface area contributed by atoms with Crippen molar-refractivity contribution >= 4 is 17.1 Å². The molecule has 212 valence electrons. The smallest absolute Gasteiger partial charge is 0.406 e. The molecule has 4 heterocycles. The number of ether oxygens (including phenoxy) is 1. The molecule has 11 nitrogen and oxygen atoms in total. The summed E-state index contributed by atoms with van der Waals surface area (Å²) in [6.45, 7) is 4.93. The number of aromatic amines is 1. The number of carbonyl (C=O) groups excluding carboxylic acids is 1. The van der Waals surface area contributed by atoms with Crippen molar-refractivity contribution in [2.75, 3.05) is 6.54 Å². The van der Waals surface area contributed by atoms with Gasteiger partial charge in [0.1, 0.15) is 17.1 Å². The number of aryl methyl sites for hydroxylation is 1. The topological polar surface area (TPSA) is 129 Å². The first-order chi connectivity index (χ1) is 19.1. The zero-order valence-corrected chi connectivity index (χ0v) is 21.9. The van der Waals surface area contributed by atoms with Gasteiger partial charge in [0.15, 0.2) is 5.65 Å². The second kappa shape index (κ2) is 10.7. The summed E-state index contributed by atoms with van der Waals surface area (Å²) in [5, 5.41) is 7.25. The van der Waals surface area contributed by atoms with Crippen LogP contribution in [0.5, 0.6) is 5.75 Å². The zero-order valence-electron chi connectivity index (χ0n) is 21.9. The molecule has 4 aromatic rings. The van der Waals surface area contributed by atoms with E-state index in [1.54, 1.807) is 10.9 Å². The van der Waals surface area contributed by atoms with Crippen LogP contribution in [0.2, 0.25) is 0 Å². The van der Waals surface area contributed by atoms with Crippen LogP contribution < -0.4 is 21.3 Å². The molecule has 1 fully saturated rings. The number of nitrogens with zero attached hydrogens (tertiary/aromatic N) is 5. The number of carbonyl (C=O) groups is 1. The summed E-state index contributed by atoms with van der Waals surface area (Å²) in [7, 11) is 0. The van der Waals surface area contributed by atoms with Crippen molar-refractivity contribution in [2.45, 2.75) is 58.6 Å². The van der Waals surface area contributed by atoms with Gasteiger partial charge in [0.2, 0.25) is 5.91 Å². The molecule has 1 saturated heterocycles. The summed E-state index contributed by atoms with van der Waals surface area (Å²) in [5.41, 5.74) is 0.654. The SMILES string of the molecule is CCCn1c(=O)c2[nH]c(-c3cnn(C(c4ccc(OC(F)(F)F)cc4)C4CCNC4=O)c3)nc2n(CCC)c1=O. The Morgan fingerprint density at radius 2 is 1.77 bits per heavy atom. The van der Waals surface area contributed by atoms with E-state index in [0.717, 1.165) is 0 Å². The number of H-pyrrole nitrogens is 1. The lowest BCUT2D eigenvalue weighted by molar-refractivity contribution is -0.274. The Morgan fingerprint density at radius 3 is 2.40 bits per heavy atom. The summed E-state index contributed by atoms with van der Waals surface area (Å²) in [4.78, 5) is 46.4. The molecule has 0 spiro atoms. The number of benzene rings is 1. The van der Waals surface area contributed by atoms with Gasteiger partial charge in [-0.1, -0.05) is 26.0 Å². The average molecular weight is 560 g/mol. The van der Waals surface area contributed by atoms with E-state index in [-0.39, 0.29) is 29.4 Å². The Kier molecular flexibility index (Phi) is 7.25. The number of aromatic nitrogens is 6. The van der Waals surface area contributed by atoms with Crippen LogP contribution in [0.1, 0.15) is 44.7 Å². The molecule has 40 heavy (non-hydrogen) atoms. The lowest BCUT2D eigenvalue weighted by Crippen LogP contribution is -2.40. The molecule has 0 radical (unpaired) electrons. The van der Waals surface area contributed by atoms with Crippen LogP contribution in [0.15, 0.2) is 46.2 Å². The predicted molar refractivity (Wildman–Crippen MR) is 139 cm³/mol. The maximum atomic E-state index is 13.1. The number of fused-ring (bicyclic) bond motifs is 1. The van der Waals surface area contributed by atoms with Crippen molar-refractivity contribution in [3.8, 4) is 17.1 Å². The van der Waals surface area contributed by atoms with E-state index in [1.807, 2.05) is 13.8 Å². The first kappa shape index (κ1) is 27.2. The normalized spacial score (nSPS) is 16.4. The van der Waals surface area contributed by atoms with Crippen molar-refractivity contribution < 1.29 is 22.7 Å². The quantitative estimate of drug-likeness (QED) is 0.324. The number of rotatable bonds is 9. The molecule has 14 heteroatoms. The molecule has 0 aliphatic carbocycles. The second-order valence-corrected chi connectivity index (χ2v) is 9.63. The largest absolute Gasteiger partial charge is 0.573 e. The third kappa shape index (κ3) is 5.12. The van der Waals surface area contributed by atoms with Gasteiger partial charge in [0.25, 0.3) is 5.56 Å². The molecule has 1 aliphatic heterocycles. The third-order valence-corrected chi connectivity index (χ3v) is 6.84. The Hall–Kier alpha value is -4.36. The zero-order chi connectivity index (χ0) is 28.6.